The predicted molar refractivity (Wildman–Crippen MR) is 98.5 cm³/mol. The van der Waals surface area contributed by atoms with Crippen molar-refractivity contribution in [1.82, 2.24) is 0 Å². The Labute approximate surface area is 154 Å². The molecule has 2 aromatic carbocycles. The predicted octanol–water partition coefficient (Wildman–Crippen LogP) is 4.00. The second-order valence-corrected chi connectivity index (χ2v) is 6.26. The van der Waals surface area contributed by atoms with Crippen LogP contribution in [0.5, 0.6) is 5.75 Å². The number of ether oxygens (including phenoxy) is 1. The van der Waals surface area contributed by atoms with E-state index < -0.39 is 11.6 Å². The number of esters is 1. The molecule has 0 radical (unpaired) electrons. The summed E-state index contributed by atoms with van der Waals surface area (Å²) in [5.74, 6) is -0.384. The summed E-state index contributed by atoms with van der Waals surface area (Å²) in [6.45, 7) is 1.84. The minimum atomic E-state index is -0.571. The number of carbonyl (C=O) groups excluding carboxylic acids is 1. The zero-order valence-corrected chi connectivity index (χ0v) is 14.9. The van der Waals surface area contributed by atoms with Gasteiger partial charge in [0.25, 0.3) is 0 Å². The van der Waals surface area contributed by atoms with Gasteiger partial charge >= 0.3 is 11.6 Å². The molecule has 0 spiro atoms. The van der Waals surface area contributed by atoms with Crippen LogP contribution < -0.4 is 5.63 Å². The maximum atomic E-state index is 12.1. The van der Waals surface area contributed by atoms with E-state index in [1.807, 2.05) is 6.92 Å². The van der Waals surface area contributed by atoms with Crippen LogP contribution in [-0.2, 0) is 29.0 Å². The highest BCUT2D eigenvalue weighted by molar-refractivity contribution is 6.31. The molecule has 0 aliphatic carbocycles. The topological polar surface area (TPSA) is 76.7 Å². The molecule has 5 nitrogen and oxygen atoms in total. The zero-order valence-electron chi connectivity index (χ0n) is 14.1. The van der Waals surface area contributed by atoms with Crippen LogP contribution in [0.3, 0.4) is 0 Å². The van der Waals surface area contributed by atoms with Gasteiger partial charge in [-0.05, 0) is 29.7 Å². The zero-order chi connectivity index (χ0) is 18.7. The molecule has 0 saturated carbocycles. The van der Waals surface area contributed by atoms with Crippen molar-refractivity contribution in [3.63, 3.8) is 0 Å². The Morgan fingerprint density at radius 3 is 2.65 bits per heavy atom. The van der Waals surface area contributed by atoms with Gasteiger partial charge in [0.2, 0.25) is 0 Å². The van der Waals surface area contributed by atoms with Gasteiger partial charge in [-0.25, -0.2) is 4.79 Å². The average Bonchev–Trinajstić information content (AvgIpc) is 2.61. The van der Waals surface area contributed by atoms with E-state index in [-0.39, 0.29) is 24.4 Å². The van der Waals surface area contributed by atoms with Gasteiger partial charge in [-0.15, -0.1) is 0 Å². The minimum absolute atomic E-state index is 0.0417. The van der Waals surface area contributed by atoms with Gasteiger partial charge in [0, 0.05) is 28.1 Å². The summed E-state index contributed by atoms with van der Waals surface area (Å²) in [6.07, 6.45) is 0.659. The molecule has 0 amide bonds. The first-order chi connectivity index (χ1) is 12.5. The lowest BCUT2D eigenvalue weighted by Crippen LogP contribution is -2.10. The molecule has 0 unspecified atom stereocenters. The van der Waals surface area contributed by atoms with Crippen molar-refractivity contribution < 1.29 is 19.1 Å². The second kappa shape index (κ2) is 7.62. The maximum absolute atomic E-state index is 12.1. The van der Waals surface area contributed by atoms with Crippen molar-refractivity contribution >= 4 is 28.5 Å². The number of halogens is 1. The Morgan fingerprint density at radius 1 is 1.15 bits per heavy atom. The lowest BCUT2D eigenvalue weighted by atomic mass is 10.0. The maximum Gasteiger partial charge on any atom is 0.336 e. The molecule has 1 aromatic heterocycles. The van der Waals surface area contributed by atoms with Crippen LogP contribution >= 0.6 is 11.6 Å². The molecule has 134 valence electrons. The molecule has 0 saturated heterocycles. The lowest BCUT2D eigenvalue weighted by Gasteiger charge is -2.10. The van der Waals surface area contributed by atoms with Gasteiger partial charge in [-0.2, -0.15) is 0 Å². The highest BCUT2D eigenvalue weighted by atomic mass is 35.5. The van der Waals surface area contributed by atoms with Crippen LogP contribution in [0.4, 0.5) is 0 Å². The van der Waals surface area contributed by atoms with Crippen LogP contribution in [0.2, 0.25) is 5.02 Å². The highest BCUT2D eigenvalue weighted by Crippen LogP contribution is 2.27. The first-order valence-electron chi connectivity index (χ1n) is 8.15. The third kappa shape index (κ3) is 3.89. The van der Waals surface area contributed by atoms with Crippen LogP contribution in [-0.4, -0.2) is 11.1 Å². The molecule has 6 heteroatoms. The van der Waals surface area contributed by atoms with E-state index >= 15 is 0 Å². The summed E-state index contributed by atoms with van der Waals surface area (Å²) < 4.78 is 10.4. The van der Waals surface area contributed by atoms with Gasteiger partial charge in [0.05, 0.1) is 6.42 Å². The summed E-state index contributed by atoms with van der Waals surface area (Å²) in [7, 11) is 0. The fourth-order valence-corrected chi connectivity index (χ4v) is 2.92. The van der Waals surface area contributed by atoms with E-state index in [2.05, 4.69) is 0 Å². The largest absolute Gasteiger partial charge is 0.508 e. The van der Waals surface area contributed by atoms with E-state index in [1.54, 1.807) is 30.3 Å². The van der Waals surface area contributed by atoms with Crippen molar-refractivity contribution in [3.8, 4) is 5.75 Å². The van der Waals surface area contributed by atoms with Crippen molar-refractivity contribution in [3.05, 3.63) is 74.6 Å². The Balaban J connectivity index is 1.83. The van der Waals surface area contributed by atoms with Crippen LogP contribution in [0.1, 0.15) is 23.6 Å². The number of aryl methyl sites for hydroxylation is 1. The molecule has 3 aromatic rings. The van der Waals surface area contributed by atoms with Crippen molar-refractivity contribution in [2.45, 2.75) is 26.4 Å². The van der Waals surface area contributed by atoms with Crippen molar-refractivity contribution in [2.75, 3.05) is 0 Å². The molecule has 1 N–H and O–H groups in total. The molecule has 0 aliphatic heterocycles. The van der Waals surface area contributed by atoms with E-state index in [0.717, 1.165) is 5.56 Å². The number of fused-ring (bicyclic) bond motifs is 1. The summed E-state index contributed by atoms with van der Waals surface area (Å²) >= 11 is 6.05. The normalized spacial score (nSPS) is 10.8. The SMILES string of the molecule is CCc1cc2c(COC(=O)Cc3ccccc3Cl)cc(=O)oc2cc1O. The summed E-state index contributed by atoms with van der Waals surface area (Å²) in [5.41, 5.74) is 1.60. The highest BCUT2D eigenvalue weighted by Gasteiger charge is 2.13. The third-order valence-electron chi connectivity index (χ3n) is 4.09. The second-order valence-electron chi connectivity index (χ2n) is 5.85. The number of rotatable bonds is 5. The molecule has 3 rings (SSSR count). The number of hydrogen-bond donors (Lipinski definition) is 1. The fraction of sp³-hybridized carbons (Fsp3) is 0.200. The number of benzene rings is 2. The lowest BCUT2D eigenvalue weighted by molar-refractivity contribution is -0.144. The average molecular weight is 373 g/mol. The first-order valence-corrected chi connectivity index (χ1v) is 8.53. The van der Waals surface area contributed by atoms with Crippen LogP contribution in [0, 0.1) is 0 Å². The van der Waals surface area contributed by atoms with E-state index in [4.69, 9.17) is 20.8 Å². The molecule has 0 fully saturated rings. The Hall–Kier alpha value is -2.79. The first kappa shape index (κ1) is 18.0. The summed E-state index contributed by atoms with van der Waals surface area (Å²) in [4.78, 5) is 23.9. The number of phenolic OH excluding ortho intramolecular Hbond substituents is 1. The smallest absolute Gasteiger partial charge is 0.336 e. The van der Waals surface area contributed by atoms with Gasteiger partial charge in [0.15, 0.2) is 0 Å². The molecule has 1 heterocycles. The number of hydrogen-bond acceptors (Lipinski definition) is 5. The molecule has 0 atom stereocenters. The van der Waals surface area contributed by atoms with Crippen molar-refractivity contribution in [1.29, 1.82) is 0 Å². The van der Waals surface area contributed by atoms with E-state index in [1.165, 1.54) is 12.1 Å². The summed E-state index contributed by atoms with van der Waals surface area (Å²) in [5, 5.41) is 11.1. The fourth-order valence-electron chi connectivity index (χ4n) is 2.72. The van der Waals surface area contributed by atoms with Gasteiger partial charge in [-0.1, -0.05) is 36.7 Å². The molecular weight excluding hydrogens is 356 g/mol. The van der Waals surface area contributed by atoms with Crippen molar-refractivity contribution in [2.24, 2.45) is 0 Å². The minimum Gasteiger partial charge on any atom is -0.508 e. The number of carbonyl (C=O) groups is 1. The standard InChI is InChI=1S/C20H17ClO5/c1-2-12-7-15-14(9-20(24)26-18(15)10-17(12)22)11-25-19(23)8-13-5-3-4-6-16(13)21/h3-7,9-10,22H,2,8,11H2,1H3. The van der Waals surface area contributed by atoms with E-state index in [9.17, 15) is 14.7 Å². The molecular formula is C20H17ClO5. The molecule has 0 aliphatic rings. The van der Waals surface area contributed by atoms with Gasteiger partial charge in [-0.3, -0.25) is 4.79 Å². The molecule has 0 bridgehead atoms. The Bertz CT molecular complexity index is 1020. The van der Waals surface area contributed by atoms with Gasteiger partial charge < -0.3 is 14.3 Å². The number of phenols is 1. The number of aromatic hydroxyl groups is 1. The monoisotopic (exact) mass is 372 g/mol. The van der Waals surface area contributed by atoms with Gasteiger partial charge in [0.1, 0.15) is 17.9 Å². The third-order valence-corrected chi connectivity index (χ3v) is 4.46. The van der Waals surface area contributed by atoms with Crippen LogP contribution in [0.15, 0.2) is 51.7 Å². The Kier molecular flexibility index (Phi) is 5.28. The van der Waals surface area contributed by atoms with E-state index in [0.29, 0.717) is 28.0 Å². The molecule has 26 heavy (non-hydrogen) atoms. The quantitative estimate of drug-likeness (QED) is 0.541. The summed E-state index contributed by atoms with van der Waals surface area (Å²) in [6, 6.07) is 11.5. The Morgan fingerprint density at radius 2 is 1.92 bits per heavy atom. The van der Waals surface area contributed by atoms with Crippen LogP contribution in [0.25, 0.3) is 11.0 Å².